The summed E-state index contributed by atoms with van der Waals surface area (Å²) < 4.78 is 0. The van der Waals surface area contributed by atoms with Gasteiger partial charge in [0.25, 0.3) is 0 Å². The van der Waals surface area contributed by atoms with E-state index in [9.17, 15) is 0 Å². The van der Waals surface area contributed by atoms with E-state index < -0.39 is 0 Å². The molecule has 0 aromatic rings. The van der Waals surface area contributed by atoms with Gasteiger partial charge in [-0.3, -0.25) is 0 Å². The van der Waals surface area contributed by atoms with Gasteiger partial charge in [-0.15, -0.1) is 6.42 Å². The molecule has 0 unspecified atom stereocenters. The summed E-state index contributed by atoms with van der Waals surface area (Å²) in [5.74, 6) is 2.54. The molecule has 1 N–H and O–H groups in total. The molecule has 42 valence electrons. The predicted molar refractivity (Wildman–Crippen MR) is 32.7 cm³/mol. The van der Waals surface area contributed by atoms with Crippen molar-refractivity contribution in [2.75, 3.05) is 13.2 Å². The van der Waals surface area contributed by atoms with Gasteiger partial charge in [0.15, 0.2) is 0 Å². The molecule has 0 aliphatic carbocycles. The summed E-state index contributed by atoms with van der Waals surface area (Å²) in [6.45, 7) is 1.55. The van der Waals surface area contributed by atoms with Crippen molar-refractivity contribution < 1.29 is 0 Å². The van der Waals surface area contributed by atoms with E-state index in [4.69, 9.17) is 6.42 Å². The first-order valence-corrected chi connectivity index (χ1v) is 2.51. The Hall–Kier alpha value is -1.10. The van der Waals surface area contributed by atoms with E-state index in [-0.39, 0.29) is 0 Å². The summed E-state index contributed by atoms with van der Waals surface area (Å²) in [7, 11) is 0. The van der Waals surface area contributed by atoms with Gasteiger partial charge < -0.3 is 10.2 Å². The Labute approximate surface area is 49.2 Å². The molecular weight excluding hydrogens is 100 g/mol. The van der Waals surface area contributed by atoms with Crippen molar-refractivity contribution in [3.63, 3.8) is 0 Å². The van der Waals surface area contributed by atoms with Crippen LogP contribution in [0.4, 0.5) is 0 Å². The Morgan fingerprint density at radius 2 is 2.75 bits per heavy atom. The normalized spacial score (nSPS) is 15.6. The van der Waals surface area contributed by atoms with Crippen molar-refractivity contribution in [1.82, 2.24) is 10.2 Å². The fourth-order valence-electron chi connectivity index (χ4n) is 0.607. The summed E-state index contributed by atoms with van der Waals surface area (Å²) in [5, 5.41) is 3.01. The van der Waals surface area contributed by atoms with Crippen molar-refractivity contribution in [3.8, 4) is 12.3 Å². The first-order chi connectivity index (χ1) is 3.93. The van der Waals surface area contributed by atoms with Crippen LogP contribution in [0.2, 0.25) is 0 Å². The van der Waals surface area contributed by atoms with E-state index in [2.05, 4.69) is 11.2 Å². The van der Waals surface area contributed by atoms with Gasteiger partial charge in [0, 0.05) is 12.4 Å². The predicted octanol–water partition coefficient (Wildman–Crippen LogP) is -0.0465. The highest BCUT2D eigenvalue weighted by Gasteiger charge is 1.97. The highest BCUT2D eigenvalue weighted by molar-refractivity contribution is 4.96. The molecule has 0 fully saturated rings. The highest BCUT2D eigenvalue weighted by atomic mass is 15.2. The van der Waals surface area contributed by atoms with Gasteiger partial charge in [0.1, 0.15) is 0 Å². The van der Waals surface area contributed by atoms with E-state index in [1.54, 1.807) is 0 Å². The lowest BCUT2D eigenvalue weighted by Gasteiger charge is -2.08. The van der Waals surface area contributed by atoms with Crippen molar-refractivity contribution in [3.05, 3.63) is 12.4 Å². The minimum atomic E-state index is 0.698. The summed E-state index contributed by atoms with van der Waals surface area (Å²) in [4.78, 5) is 2.01. The standard InChI is InChI=1S/C6H8N2/c1-2-4-8-5-3-7-6-8/h1,3,5,7H,4,6H2. The molecule has 1 rings (SSSR count). The molecule has 2 nitrogen and oxygen atoms in total. The van der Waals surface area contributed by atoms with Crippen molar-refractivity contribution >= 4 is 0 Å². The fraction of sp³-hybridized carbons (Fsp3) is 0.333. The summed E-state index contributed by atoms with van der Waals surface area (Å²) >= 11 is 0. The number of nitrogens with one attached hydrogen (secondary N) is 1. The molecule has 1 heterocycles. The van der Waals surface area contributed by atoms with E-state index in [0.29, 0.717) is 6.54 Å². The van der Waals surface area contributed by atoms with Crippen LogP contribution in [0.1, 0.15) is 0 Å². The molecule has 1 aliphatic rings. The van der Waals surface area contributed by atoms with Crippen LogP contribution in [0.5, 0.6) is 0 Å². The zero-order valence-electron chi connectivity index (χ0n) is 4.59. The number of hydrogen-bond acceptors (Lipinski definition) is 2. The average molecular weight is 108 g/mol. The Morgan fingerprint density at radius 3 is 3.25 bits per heavy atom. The Morgan fingerprint density at radius 1 is 1.88 bits per heavy atom. The molecule has 0 bridgehead atoms. The molecule has 0 aromatic heterocycles. The monoisotopic (exact) mass is 108 g/mol. The van der Waals surface area contributed by atoms with Gasteiger partial charge in [-0.05, 0) is 0 Å². The van der Waals surface area contributed by atoms with Crippen LogP contribution < -0.4 is 5.32 Å². The molecule has 0 radical (unpaired) electrons. The Balaban J connectivity index is 2.28. The van der Waals surface area contributed by atoms with Crippen molar-refractivity contribution in [2.24, 2.45) is 0 Å². The lowest BCUT2D eigenvalue weighted by Crippen LogP contribution is -2.20. The van der Waals surface area contributed by atoms with Gasteiger partial charge in [-0.2, -0.15) is 0 Å². The molecule has 0 saturated carbocycles. The third-order valence-corrected chi connectivity index (χ3v) is 0.992. The van der Waals surface area contributed by atoms with E-state index in [1.807, 2.05) is 17.3 Å². The second-order valence-corrected chi connectivity index (χ2v) is 1.63. The summed E-state index contributed by atoms with van der Waals surface area (Å²) in [5.41, 5.74) is 0. The minimum Gasteiger partial charge on any atom is -0.373 e. The molecular formula is C6H8N2. The van der Waals surface area contributed by atoms with Gasteiger partial charge in [0.05, 0.1) is 13.2 Å². The average Bonchev–Trinajstić information content (AvgIpc) is 2.19. The summed E-state index contributed by atoms with van der Waals surface area (Å²) in [6, 6.07) is 0. The highest BCUT2D eigenvalue weighted by Crippen LogP contribution is 1.90. The fourth-order valence-corrected chi connectivity index (χ4v) is 0.607. The van der Waals surface area contributed by atoms with Crippen LogP contribution in [0.15, 0.2) is 12.4 Å². The van der Waals surface area contributed by atoms with Crippen molar-refractivity contribution in [2.45, 2.75) is 0 Å². The molecule has 2 heteroatoms. The molecule has 0 spiro atoms. The SMILES string of the molecule is C#CCN1C=CNC1. The quantitative estimate of drug-likeness (QED) is 0.474. The van der Waals surface area contributed by atoms with E-state index in [0.717, 1.165) is 6.67 Å². The zero-order chi connectivity index (χ0) is 5.82. The maximum atomic E-state index is 5.06. The molecule has 8 heavy (non-hydrogen) atoms. The topological polar surface area (TPSA) is 15.3 Å². The van der Waals surface area contributed by atoms with Crippen LogP contribution in [0.25, 0.3) is 0 Å². The van der Waals surface area contributed by atoms with Gasteiger partial charge >= 0.3 is 0 Å². The third kappa shape index (κ3) is 0.941. The zero-order valence-corrected chi connectivity index (χ0v) is 4.59. The van der Waals surface area contributed by atoms with E-state index >= 15 is 0 Å². The van der Waals surface area contributed by atoms with Gasteiger partial charge in [-0.25, -0.2) is 0 Å². The first-order valence-electron chi connectivity index (χ1n) is 2.51. The van der Waals surface area contributed by atoms with Crippen LogP contribution in [-0.4, -0.2) is 18.1 Å². The van der Waals surface area contributed by atoms with Gasteiger partial charge in [0.2, 0.25) is 0 Å². The number of terminal acetylenes is 1. The lowest BCUT2D eigenvalue weighted by atomic mass is 10.6. The second-order valence-electron chi connectivity index (χ2n) is 1.63. The third-order valence-electron chi connectivity index (χ3n) is 0.992. The van der Waals surface area contributed by atoms with Gasteiger partial charge in [-0.1, -0.05) is 5.92 Å². The molecule has 0 aromatic carbocycles. The summed E-state index contributed by atoms with van der Waals surface area (Å²) in [6.07, 6.45) is 8.89. The lowest BCUT2D eigenvalue weighted by molar-refractivity contribution is 0.439. The molecule has 1 aliphatic heterocycles. The molecule has 0 saturated heterocycles. The van der Waals surface area contributed by atoms with Crippen LogP contribution in [0.3, 0.4) is 0 Å². The number of nitrogens with zero attached hydrogens (tertiary/aromatic N) is 1. The maximum absolute atomic E-state index is 5.06. The van der Waals surface area contributed by atoms with Crippen LogP contribution in [-0.2, 0) is 0 Å². The van der Waals surface area contributed by atoms with Crippen molar-refractivity contribution in [1.29, 1.82) is 0 Å². The molecule has 0 atom stereocenters. The minimum absolute atomic E-state index is 0.698. The van der Waals surface area contributed by atoms with E-state index in [1.165, 1.54) is 0 Å². The van der Waals surface area contributed by atoms with Crippen LogP contribution in [0, 0.1) is 12.3 Å². The largest absolute Gasteiger partial charge is 0.373 e. The smallest absolute Gasteiger partial charge is 0.0876 e. The second kappa shape index (κ2) is 2.27. The first kappa shape index (κ1) is 5.04. The molecule has 0 amide bonds. The maximum Gasteiger partial charge on any atom is 0.0876 e. The Bertz CT molecular complexity index is 132. The van der Waals surface area contributed by atoms with Crippen LogP contribution >= 0.6 is 0 Å². The number of hydrogen-bond donors (Lipinski definition) is 1. The Kier molecular flexibility index (Phi) is 1.43. The number of rotatable bonds is 1.